The van der Waals surface area contributed by atoms with Crippen molar-refractivity contribution in [2.24, 2.45) is 0 Å². The number of hydrogen-bond acceptors (Lipinski definition) is 3. The number of nitrogens with one attached hydrogen (secondary N) is 2. The lowest BCUT2D eigenvalue weighted by molar-refractivity contribution is 0.213. The van der Waals surface area contributed by atoms with Crippen LogP contribution < -0.4 is 10.6 Å². The van der Waals surface area contributed by atoms with Crippen molar-refractivity contribution in [1.29, 1.82) is 0 Å². The molecule has 0 aliphatic carbocycles. The first-order valence-electron chi connectivity index (χ1n) is 5.99. The highest BCUT2D eigenvalue weighted by Gasteiger charge is 2.18. The molecule has 5 nitrogen and oxygen atoms in total. The SMILES string of the molecule is CN1CCC(NC(=O)NCc2ccco2)CC1. The molecule has 2 N–H and O–H groups in total. The van der Waals surface area contributed by atoms with Crippen LogP contribution in [0.15, 0.2) is 22.8 Å². The van der Waals surface area contributed by atoms with E-state index in [1.807, 2.05) is 12.1 Å². The lowest BCUT2D eigenvalue weighted by Gasteiger charge is -2.29. The van der Waals surface area contributed by atoms with Gasteiger partial charge in [0.05, 0.1) is 12.8 Å². The standard InChI is InChI=1S/C12H19N3O2/c1-15-6-4-10(5-7-15)14-12(16)13-9-11-3-2-8-17-11/h2-3,8,10H,4-7,9H2,1H3,(H2,13,14,16). The molecule has 17 heavy (non-hydrogen) atoms. The third kappa shape index (κ3) is 3.78. The summed E-state index contributed by atoms with van der Waals surface area (Å²) in [7, 11) is 2.10. The zero-order chi connectivity index (χ0) is 12.1. The van der Waals surface area contributed by atoms with E-state index in [9.17, 15) is 4.79 Å². The molecule has 0 bridgehead atoms. The van der Waals surface area contributed by atoms with E-state index in [-0.39, 0.29) is 6.03 Å². The minimum atomic E-state index is -0.115. The Bertz CT molecular complexity index is 343. The molecule has 1 aromatic heterocycles. The molecule has 0 saturated carbocycles. The summed E-state index contributed by atoms with van der Waals surface area (Å²) in [5.41, 5.74) is 0. The van der Waals surface area contributed by atoms with Gasteiger partial charge in [0.2, 0.25) is 0 Å². The molecule has 0 spiro atoms. The minimum Gasteiger partial charge on any atom is -0.467 e. The van der Waals surface area contributed by atoms with Crippen molar-refractivity contribution in [2.75, 3.05) is 20.1 Å². The minimum absolute atomic E-state index is 0.115. The number of nitrogens with zero attached hydrogens (tertiary/aromatic N) is 1. The average Bonchev–Trinajstić information content (AvgIpc) is 2.83. The average molecular weight is 237 g/mol. The summed E-state index contributed by atoms with van der Waals surface area (Å²) in [4.78, 5) is 13.9. The molecule has 0 unspecified atom stereocenters. The third-order valence-electron chi connectivity index (χ3n) is 3.06. The predicted octanol–water partition coefficient (Wildman–Crippen LogP) is 1.17. The van der Waals surface area contributed by atoms with Crippen LogP contribution in [0.4, 0.5) is 4.79 Å². The van der Waals surface area contributed by atoms with Crippen LogP contribution in [0.2, 0.25) is 0 Å². The molecular formula is C12H19N3O2. The quantitative estimate of drug-likeness (QED) is 0.829. The van der Waals surface area contributed by atoms with Crippen LogP contribution in [0.5, 0.6) is 0 Å². The number of hydrogen-bond donors (Lipinski definition) is 2. The van der Waals surface area contributed by atoms with Gasteiger partial charge in [-0.3, -0.25) is 0 Å². The summed E-state index contributed by atoms with van der Waals surface area (Å²) in [6.07, 6.45) is 3.64. The lowest BCUT2D eigenvalue weighted by Crippen LogP contribution is -2.46. The highest BCUT2D eigenvalue weighted by Crippen LogP contribution is 2.07. The van der Waals surface area contributed by atoms with E-state index in [0.29, 0.717) is 12.6 Å². The van der Waals surface area contributed by atoms with E-state index in [1.165, 1.54) is 0 Å². The molecule has 0 aromatic carbocycles. The topological polar surface area (TPSA) is 57.5 Å². The van der Waals surface area contributed by atoms with Gasteiger partial charge in [-0.15, -0.1) is 0 Å². The molecule has 1 saturated heterocycles. The van der Waals surface area contributed by atoms with E-state index in [4.69, 9.17) is 4.42 Å². The number of furan rings is 1. The van der Waals surface area contributed by atoms with Gasteiger partial charge in [0, 0.05) is 6.04 Å². The Balaban J connectivity index is 1.67. The van der Waals surface area contributed by atoms with Gasteiger partial charge in [-0.1, -0.05) is 0 Å². The van der Waals surface area contributed by atoms with Crippen LogP contribution in [-0.2, 0) is 6.54 Å². The van der Waals surface area contributed by atoms with Crippen LogP contribution in [-0.4, -0.2) is 37.1 Å². The van der Waals surface area contributed by atoms with Gasteiger partial charge in [-0.25, -0.2) is 4.79 Å². The van der Waals surface area contributed by atoms with Gasteiger partial charge in [0.15, 0.2) is 0 Å². The number of carbonyl (C=O) groups excluding carboxylic acids is 1. The van der Waals surface area contributed by atoms with Gasteiger partial charge in [-0.05, 0) is 45.1 Å². The Morgan fingerprint density at radius 1 is 1.53 bits per heavy atom. The summed E-state index contributed by atoms with van der Waals surface area (Å²) in [5.74, 6) is 0.767. The molecule has 2 rings (SSSR count). The normalized spacial score (nSPS) is 17.9. The fourth-order valence-electron chi connectivity index (χ4n) is 1.97. The molecule has 94 valence electrons. The summed E-state index contributed by atoms with van der Waals surface area (Å²) in [6.45, 7) is 2.53. The van der Waals surface area contributed by atoms with E-state index < -0.39 is 0 Å². The summed E-state index contributed by atoms with van der Waals surface area (Å²) >= 11 is 0. The Morgan fingerprint density at radius 3 is 2.94 bits per heavy atom. The molecule has 1 aliphatic heterocycles. The zero-order valence-corrected chi connectivity index (χ0v) is 10.1. The number of rotatable bonds is 3. The van der Waals surface area contributed by atoms with Gasteiger partial charge in [0.1, 0.15) is 5.76 Å². The number of urea groups is 1. The largest absolute Gasteiger partial charge is 0.467 e. The Labute approximate surface area is 101 Å². The Morgan fingerprint density at radius 2 is 2.29 bits per heavy atom. The second kappa shape index (κ2) is 5.72. The van der Waals surface area contributed by atoms with E-state index in [2.05, 4.69) is 22.6 Å². The smallest absolute Gasteiger partial charge is 0.315 e. The number of piperidine rings is 1. The molecular weight excluding hydrogens is 218 g/mol. The molecule has 1 aliphatic rings. The molecule has 2 amide bonds. The van der Waals surface area contributed by atoms with E-state index >= 15 is 0 Å². The maximum absolute atomic E-state index is 11.6. The van der Waals surface area contributed by atoms with Crippen molar-refractivity contribution in [3.05, 3.63) is 24.2 Å². The van der Waals surface area contributed by atoms with Crippen molar-refractivity contribution in [3.8, 4) is 0 Å². The van der Waals surface area contributed by atoms with Crippen molar-refractivity contribution < 1.29 is 9.21 Å². The van der Waals surface area contributed by atoms with Crippen LogP contribution in [0.25, 0.3) is 0 Å². The van der Waals surface area contributed by atoms with Crippen molar-refractivity contribution in [2.45, 2.75) is 25.4 Å². The van der Waals surface area contributed by atoms with Gasteiger partial charge in [-0.2, -0.15) is 0 Å². The van der Waals surface area contributed by atoms with Gasteiger partial charge >= 0.3 is 6.03 Å². The first-order valence-corrected chi connectivity index (χ1v) is 5.99. The molecule has 1 fully saturated rings. The van der Waals surface area contributed by atoms with E-state index in [1.54, 1.807) is 6.26 Å². The maximum atomic E-state index is 11.6. The summed E-state index contributed by atoms with van der Waals surface area (Å²) in [5, 5.41) is 5.77. The monoisotopic (exact) mass is 237 g/mol. The van der Waals surface area contributed by atoms with Crippen molar-refractivity contribution in [1.82, 2.24) is 15.5 Å². The first kappa shape index (κ1) is 12.0. The second-order valence-electron chi connectivity index (χ2n) is 4.48. The highest BCUT2D eigenvalue weighted by atomic mass is 16.3. The van der Waals surface area contributed by atoms with Gasteiger partial charge < -0.3 is 20.0 Å². The van der Waals surface area contributed by atoms with Gasteiger partial charge in [0.25, 0.3) is 0 Å². The lowest BCUT2D eigenvalue weighted by atomic mass is 10.1. The molecule has 1 aromatic rings. The summed E-state index contributed by atoms with van der Waals surface area (Å²) < 4.78 is 5.14. The fraction of sp³-hybridized carbons (Fsp3) is 0.583. The zero-order valence-electron chi connectivity index (χ0n) is 10.1. The van der Waals surface area contributed by atoms with Crippen LogP contribution in [0.3, 0.4) is 0 Å². The molecule has 5 heteroatoms. The van der Waals surface area contributed by atoms with Crippen molar-refractivity contribution >= 4 is 6.03 Å². The molecule has 0 radical (unpaired) electrons. The first-order chi connectivity index (χ1) is 8.24. The molecule has 2 heterocycles. The van der Waals surface area contributed by atoms with E-state index in [0.717, 1.165) is 31.7 Å². The Kier molecular flexibility index (Phi) is 4.03. The number of likely N-dealkylation sites (tertiary alicyclic amines) is 1. The van der Waals surface area contributed by atoms with Crippen LogP contribution in [0, 0.1) is 0 Å². The maximum Gasteiger partial charge on any atom is 0.315 e. The van der Waals surface area contributed by atoms with Crippen LogP contribution >= 0.6 is 0 Å². The van der Waals surface area contributed by atoms with Crippen LogP contribution in [0.1, 0.15) is 18.6 Å². The second-order valence-corrected chi connectivity index (χ2v) is 4.48. The predicted molar refractivity (Wildman–Crippen MR) is 64.6 cm³/mol. The molecule has 0 atom stereocenters. The summed E-state index contributed by atoms with van der Waals surface area (Å²) in [6, 6.07) is 3.83. The fourth-order valence-corrected chi connectivity index (χ4v) is 1.97. The number of carbonyl (C=O) groups is 1. The third-order valence-corrected chi connectivity index (χ3v) is 3.06. The Hall–Kier alpha value is -1.49. The highest BCUT2D eigenvalue weighted by molar-refractivity contribution is 5.74. The van der Waals surface area contributed by atoms with Crippen molar-refractivity contribution in [3.63, 3.8) is 0 Å². The number of amides is 2.